The third kappa shape index (κ3) is 51.3. The lowest BCUT2D eigenvalue weighted by Crippen LogP contribution is -2.30. The Morgan fingerprint density at radius 1 is 0.403 bits per heavy atom. The first-order valence-corrected chi connectivity index (χ1v) is 29.6. The van der Waals surface area contributed by atoms with E-state index in [4.69, 9.17) is 23.3 Å². The van der Waals surface area contributed by atoms with Crippen molar-refractivity contribution in [3.05, 3.63) is 97.2 Å². The summed E-state index contributed by atoms with van der Waals surface area (Å²) in [5, 5.41) is 9.79. The van der Waals surface area contributed by atoms with Gasteiger partial charge in [0.15, 0.2) is 6.10 Å². The number of aliphatic hydroxyl groups excluding tert-OH is 1. The smallest absolute Gasteiger partial charge is 0.462 e. The van der Waals surface area contributed by atoms with Crippen LogP contribution in [0.1, 0.15) is 226 Å². The molecule has 0 fully saturated rings. The number of carbonyl (C=O) groups excluding carboxylic acids is 3. The number of carbonyl (C=O) groups is 3. The molecule has 0 bridgehead atoms. The molecular weight excluding hydrogens is 928 g/mol. The molecule has 72 heavy (non-hydrogen) atoms. The molecule has 0 aromatic rings. The maximum absolute atomic E-state index is 12.9. The van der Waals surface area contributed by atoms with Crippen LogP contribution in [-0.4, -0.2) is 66.5 Å². The van der Waals surface area contributed by atoms with Crippen molar-refractivity contribution < 1.29 is 52.2 Å². The van der Waals surface area contributed by atoms with E-state index in [0.717, 1.165) is 109 Å². The molecule has 0 rings (SSSR count). The van der Waals surface area contributed by atoms with Crippen LogP contribution in [-0.2, 0) is 42.2 Å². The van der Waals surface area contributed by atoms with Gasteiger partial charge >= 0.3 is 25.7 Å². The Hall–Kier alpha value is -3.60. The van der Waals surface area contributed by atoms with Gasteiger partial charge in [0.05, 0.1) is 19.8 Å². The average molecular weight is 1030 g/mol. The normalized spacial score (nSPS) is 14.1. The third-order valence-electron chi connectivity index (χ3n) is 11.5. The fourth-order valence-electron chi connectivity index (χ4n) is 7.24. The molecule has 0 aromatic heterocycles. The van der Waals surface area contributed by atoms with E-state index in [0.29, 0.717) is 19.3 Å². The summed E-state index contributed by atoms with van der Waals surface area (Å²) in [5.74, 6) is -1.54. The van der Waals surface area contributed by atoms with Crippen molar-refractivity contribution in [1.82, 2.24) is 0 Å². The third-order valence-corrected chi connectivity index (χ3v) is 12.4. The Kier molecular flexibility index (Phi) is 51.0. The van der Waals surface area contributed by atoms with Crippen molar-refractivity contribution in [3.63, 3.8) is 0 Å². The molecule has 2 N–H and O–H groups in total. The molecule has 0 spiro atoms. The summed E-state index contributed by atoms with van der Waals surface area (Å²) in [6, 6.07) is 0. The molecular formula is C60H101O11P. The molecule has 11 nitrogen and oxygen atoms in total. The summed E-state index contributed by atoms with van der Waals surface area (Å²) in [7, 11) is -4.77. The van der Waals surface area contributed by atoms with E-state index >= 15 is 0 Å². The van der Waals surface area contributed by atoms with E-state index in [2.05, 4.69) is 118 Å². The van der Waals surface area contributed by atoms with Gasteiger partial charge in [0.25, 0.3) is 0 Å². The maximum atomic E-state index is 12.9. The summed E-state index contributed by atoms with van der Waals surface area (Å²) in [4.78, 5) is 48.5. The molecule has 0 heterocycles. The first-order chi connectivity index (χ1) is 35.2. The molecule has 3 atom stereocenters. The van der Waals surface area contributed by atoms with Crippen molar-refractivity contribution in [3.8, 4) is 0 Å². The summed E-state index contributed by atoms with van der Waals surface area (Å²) < 4.78 is 39.4. The van der Waals surface area contributed by atoms with Crippen LogP contribution in [0.3, 0.4) is 0 Å². The van der Waals surface area contributed by atoms with Crippen molar-refractivity contribution in [2.24, 2.45) is 0 Å². The van der Waals surface area contributed by atoms with E-state index in [1.807, 2.05) is 0 Å². The lowest BCUT2D eigenvalue weighted by molar-refractivity contribution is -0.161. The molecule has 0 aliphatic rings. The highest BCUT2D eigenvalue weighted by molar-refractivity contribution is 7.47. The Morgan fingerprint density at radius 3 is 1.12 bits per heavy atom. The number of phosphoric ester groups is 1. The monoisotopic (exact) mass is 1030 g/mol. The lowest BCUT2D eigenvalue weighted by atomic mass is 10.1. The first-order valence-electron chi connectivity index (χ1n) is 28.1. The van der Waals surface area contributed by atoms with Gasteiger partial charge in [-0.15, -0.1) is 0 Å². The quantitative estimate of drug-likeness (QED) is 0.0197. The second-order valence-electron chi connectivity index (χ2n) is 18.3. The number of ether oxygens (including phenoxy) is 3. The van der Waals surface area contributed by atoms with Gasteiger partial charge in [-0.1, -0.05) is 189 Å². The molecule has 0 aliphatic carbocycles. The molecule has 412 valence electrons. The minimum absolute atomic E-state index is 0.136. The Balaban J connectivity index is 4.78. The predicted molar refractivity (Wildman–Crippen MR) is 297 cm³/mol. The van der Waals surface area contributed by atoms with E-state index in [9.17, 15) is 28.9 Å². The number of hydrogen-bond acceptors (Lipinski definition) is 10. The van der Waals surface area contributed by atoms with Crippen molar-refractivity contribution in [1.29, 1.82) is 0 Å². The van der Waals surface area contributed by atoms with Crippen LogP contribution in [0.25, 0.3) is 0 Å². The van der Waals surface area contributed by atoms with Gasteiger partial charge in [-0.05, 0) is 116 Å². The standard InChI is InChI=1S/C60H101O11P/c1-4-7-10-13-16-19-22-25-26-27-28-29-30-33-36-39-42-45-48-51-60(64)71-57(53-67-58(62)49-46-43-40-37-34-31-23-20-17-14-11-8-5-2)55-69-72(65,66)68-54-56(52-61)70-59(63)50-47-44-41-38-35-32-24-21-18-15-12-9-6-3/h8-9,11-12,16-21,25-26,31-32,34-35,56-57,61H,4-7,10,13-15,22-24,27-30,33,36-55H2,1-3H3,(H,65,66)/b11-8-,12-9-,19-16-,20-17-,21-18-,26-25-,34-31-,35-32-. The van der Waals surface area contributed by atoms with Gasteiger partial charge in [0.1, 0.15) is 12.7 Å². The van der Waals surface area contributed by atoms with Gasteiger partial charge in [-0.3, -0.25) is 23.4 Å². The highest BCUT2D eigenvalue weighted by atomic mass is 31.2. The number of phosphoric acid groups is 1. The zero-order valence-electron chi connectivity index (χ0n) is 45.4. The highest BCUT2D eigenvalue weighted by Crippen LogP contribution is 2.43. The number of rotatable bonds is 51. The number of hydrogen-bond donors (Lipinski definition) is 2. The van der Waals surface area contributed by atoms with Crippen LogP contribution in [0.4, 0.5) is 0 Å². The highest BCUT2D eigenvalue weighted by Gasteiger charge is 2.28. The Morgan fingerprint density at radius 2 is 0.722 bits per heavy atom. The van der Waals surface area contributed by atoms with Crippen molar-refractivity contribution in [2.45, 2.75) is 238 Å². The van der Waals surface area contributed by atoms with Gasteiger partial charge in [-0.25, -0.2) is 4.57 Å². The van der Waals surface area contributed by atoms with Crippen LogP contribution in [0.5, 0.6) is 0 Å². The molecule has 0 saturated heterocycles. The van der Waals surface area contributed by atoms with Crippen LogP contribution in [0.2, 0.25) is 0 Å². The Bertz CT molecular complexity index is 1580. The molecule has 0 radical (unpaired) electrons. The Labute approximate surface area is 438 Å². The number of aliphatic hydroxyl groups is 1. The number of unbranched alkanes of at least 4 members (excludes halogenated alkanes) is 18. The van der Waals surface area contributed by atoms with Crippen LogP contribution in [0.15, 0.2) is 97.2 Å². The minimum Gasteiger partial charge on any atom is -0.462 e. The summed E-state index contributed by atoms with van der Waals surface area (Å²) in [6.45, 7) is 4.31. The molecule has 12 heteroatoms. The van der Waals surface area contributed by atoms with E-state index < -0.39 is 57.8 Å². The largest absolute Gasteiger partial charge is 0.472 e. The molecule has 0 amide bonds. The fraction of sp³-hybridized carbons (Fsp3) is 0.683. The SMILES string of the molecule is CC/C=C\C/C=C\C/C=C\CCCCCC(=O)OCC(COP(=O)(O)OCC(CO)OC(=O)CCCCC/C=C\C/C=C\C/C=C\CC)OC(=O)CCCCCCCCCCC/C=C\C/C=C\CCCCC. The molecule has 0 saturated carbocycles. The second kappa shape index (κ2) is 53.7. The van der Waals surface area contributed by atoms with Crippen molar-refractivity contribution >= 4 is 25.7 Å². The zero-order valence-corrected chi connectivity index (χ0v) is 46.3. The second-order valence-corrected chi connectivity index (χ2v) is 19.8. The van der Waals surface area contributed by atoms with Gasteiger partial charge in [0.2, 0.25) is 0 Å². The molecule has 0 aliphatic heterocycles. The van der Waals surface area contributed by atoms with Crippen molar-refractivity contribution in [2.75, 3.05) is 26.4 Å². The van der Waals surface area contributed by atoms with Gasteiger partial charge < -0.3 is 24.2 Å². The zero-order chi connectivity index (χ0) is 52.7. The van der Waals surface area contributed by atoms with Crippen LogP contribution < -0.4 is 0 Å². The molecule has 3 unspecified atom stereocenters. The maximum Gasteiger partial charge on any atom is 0.472 e. The summed E-state index contributed by atoms with van der Waals surface area (Å²) >= 11 is 0. The van der Waals surface area contributed by atoms with Crippen LogP contribution >= 0.6 is 7.82 Å². The van der Waals surface area contributed by atoms with E-state index in [1.54, 1.807) is 0 Å². The average Bonchev–Trinajstić information content (AvgIpc) is 3.37. The number of allylic oxidation sites excluding steroid dienone is 16. The predicted octanol–water partition coefficient (Wildman–Crippen LogP) is 16.5. The lowest BCUT2D eigenvalue weighted by Gasteiger charge is -2.21. The number of esters is 3. The van der Waals surface area contributed by atoms with Gasteiger partial charge in [-0.2, -0.15) is 0 Å². The van der Waals surface area contributed by atoms with Gasteiger partial charge in [0, 0.05) is 19.3 Å². The summed E-state index contributed by atoms with van der Waals surface area (Å²) in [6.07, 6.45) is 62.3. The van der Waals surface area contributed by atoms with Crippen LogP contribution in [0, 0.1) is 0 Å². The molecule has 0 aromatic carbocycles. The van der Waals surface area contributed by atoms with E-state index in [-0.39, 0.29) is 25.9 Å². The first kappa shape index (κ1) is 68.4. The minimum atomic E-state index is -4.77. The fourth-order valence-corrected chi connectivity index (χ4v) is 8.02. The topological polar surface area (TPSA) is 155 Å². The summed E-state index contributed by atoms with van der Waals surface area (Å²) in [5.41, 5.74) is 0. The van der Waals surface area contributed by atoms with E-state index in [1.165, 1.54) is 57.8 Å².